The number of ether oxygens (including phenoxy) is 1. The van der Waals surface area contributed by atoms with E-state index in [0.29, 0.717) is 0 Å². The fourth-order valence-corrected chi connectivity index (χ4v) is 3.17. The van der Waals surface area contributed by atoms with Crippen molar-refractivity contribution in [2.45, 2.75) is 18.8 Å². The average Bonchev–Trinajstić information content (AvgIpc) is 2.83. The van der Waals surface area contributed by atoms with Crippen molar-refractivity contribution < 1.29 is 31.1 Å². The molecule has 4 N–H and O–H groups in total. The maximum atomic E-state index is 13.1. The highest BCUT2D eigenvalue weighted by atomic mass is 19.4. The van der Waals surface area contributed by atoms with E-state index in [2.05, 4.69) is 36.4 Å². The number of hydrogen-bond donors (Lipinski definition) is 2. The predicted molar refractivity (Wildman–Crippen MR) is 115 cm³/mol. The van der Waals surface area contributed by atoms with Crippen LogP contribution in [0.4, 0.5) is 26.3 Å². The molecule has 0 amide bonds. The summed E-state index contributed by atoms with van der Waals surface area (Å²) < 4.78 is 82.0. The molecule has 2 aromatic carbocycles. The molecule has 0 spiro atoms. The Labute approximate surface area is 194 Å². The number of halogens is 6. The second-order valence-electron chi connectivity index (χ2n) is 7.03. The van der Waals surface area contributed by atoms with E-state index in [0.717, 1.165) is 34.5 Å². The lowest BCUT2D eigenvalue weighted by atomic mass is 10.0. The molecule has 0 aliphatic heterocycles. The summed E-state index contributed by atoms with van der Waals surface area (Å²) in [5, 5.41) is 1.65. The number of fused-ring (bicyclic) bond motifs is 1. The minimum Gasteiger partial charge on any atom is -0.454 e. The van der Waals surface area contributed by atoms with Crippen LogP contribution in [0.3, 0.4) is 0 Å². The van der Waals surface area contributed by atoms with Crippen LogP contribution in [0, 0.1) is 0 Å². The molecule has 184 valence electrons. The highest BCUT2D eigenvalue weighted by molar-refractivity contribution is 5.85. The molecular weight excluding hydrogens is 478 g/mol. The molecule has 0 unspecified atom stereocenters. The standard InChI is InChI=1S/C22H14F6N4O.H4N2/c23-21(24,25)12-33-20-31-18(10-13-3-1-5-15-11-29-8-7-17(13)15)30-19(32-20)14-4-2-6-16(9-14)22(26,27)28;1-2/h1-9,11H,10,12H2;1-2H2. The van der Waals surface area contributed by atoms with E-state index >= 15 is 0 Å². The van der Waals surface area contributed by atoms with Gasteiger partial charge in [0.2, 0.25) is 0 Å². The van der Waals surface area contributed by atoms with Crippen LogP contribution in [-0.2, 0) is 12.6 Å². The minimum atomic E-state index is -4.65. The van der Waals surface area contributed by atoms with Gasteiger partial charge in [-0.05, 0) is 29.1 Å². The summed E-state index contributed by atoms with van der Waals surface area (Å²) in [4.78, 5) is 16.0. The number of nitrogens with zero attached hydrogens (tertiary/aromatic N) is 4. The van der Waals surface area contributed by atoms with Gasteiger partial charge in [0.15, 0.2) is 12.4 Å². The quantitative estimate of drug-likeness (QED) is 0.238. The van der Waals surface area contributed by atoms with Crippen molar-refractivity contribution in [3.8, 4) is 17.4 Å². The lowest BCUT2D eigenvalue weighted by molar-refractivity contribution is -0.154. The zero-order valence-corrected chi connectivity index (χ0v) is 17.8. The fourth-order valence-electron chi connectivity index (χ4n) is 3.17. The predicted octanol–water partition coefficient (Wildman–Crippen LogP) is 4.46. The van der Waals surface area contributed by atoms with Crippen LogP contribution in [0.15, 0.2) is 60.9 Å². The van der Waals surface area contributed by atoms with Gasteiger partial charge in [0.25, 0.3) is 0 Å². The Morgan fingerprint density at radius 3 is 2.31 bits per heavy atom. The van der Waals surface area contributed by atoms with Crippen LogP contribution in [0.1, 0.15) is 17.0 Å². The van der Waals surface area contributed by atoms with Crippen LogP contribution < -0.4 is 16.4 Å². The molecule has 2 heterocycles. The van der Waals surface area contributed by atoms with E-state index < -0.39 is 30.5 Å². The number of hydrazine groups is 1. The van der Waals surface area contributed by atoms with Crippen molar-refractivity contribution in [1.82, 2.24) is 19.9 Å². The first-order valence-corrected chi connectivity index (χ1v) is 9.85. The van der Waals surface area contributed by atoms with Crippen LogP contribution >= 0.6 is 0 Å². The van der Waals surface area contributed by atoms with Gasteiger partial charge in [0.1, 0.15) is 5.82 Å². The first-order valence-electron chi connectivity index (χ1n) is 9.85. The third-order valence-corrected chi connectivity index (χ3v) is 4.59. The largest absolute Gasteiger partial charge is 0.454 e. The molecular formula is C22H18F6N6O. The zero-order valence-electron chi connectivity index (χ0n) is 17.8. The first-order chi connectivity index (χ1) is 16.6. The van der Waals surface area contributed by atoms with Crippen LogP contribution in [0.2, 0.25) is 0 Å². The smallest absolute Gasteiger partial charge is 0.422 e. The minimum absolute atomic E-state index is 0.0348. The maximum absolute atomic E-state index is 13.1. The summed E-state index contributed by atoms with van der Waals surface area (Å²) >= 11 is 0. The van der Waals surface area contributed by atoms with Crippen LogP contribution in [-0.4, -0.2) is 32.7 Å². The van der Waals surface area contributed by atoms with Gasteiger partial charge in [-0.3, -0.25) is 16.7 Å². The van der Waals surface area contributed by atoms with Crippen molar-refractivity contribution in [3.05, 3.63) is 77.9 Å². The molecule has 0 bridgehead atoms. The number of hydrogen-bond acceptors (Lipinski definition) is 7. The molecule has 0 fully saturated rings. The SMILES string of the molecule is FC(F)(F)COc1nc(Cc2cccc3cnccc23)nc(-c2cccc(C(F)(F)F)c2)n1.NN. The van der Waals surface area contributed by atoms with E-state index in [-0.39, 0.29) is 23.6 Å². The molecule has 0 saturated carbocycles. The summed E-state index contributed by atoms with van der Waals surface area (Å²) in [5.74, 6) is 7.81. The van der Waals surface area contributed by atoms with Gasteiger partial charge < -0.3 is 4.74 Å². The van der Waals surface area contributed by atoms with E-state index in [4.69, 9.17) is 0 Å². The highest BCUT2D eigenvalue weighted by Gasteiger charge is 2.31. The number of nitrogens with two attached hydrogens (primary N) is 2. The molecule has 0 saturated heterocycles. The molecule has 2 aromatic heterocycles. The second kappa shape index (κ2) is 10.6. The van der Waals surface area contributed by atoms with Gasteiger partial charge in [-0.25, -0.2) is 4.98 Å². The van der Waals surface area contributed by atoms with Gasteiger partial charge in [-0.1, -0.05) is 30.3 Å². The van der Waals surface area contributed by atoms with E-state index in [1.165, 1.54) is 6.07 Å². The molecule has 0 radical (unpaired) electrons. The van der Waals surface area contributed by atoms with E-state index in [1.54, 1.807) is 30.6 Å². The lowest BCUT2D eigenvalue weighted by Crippen LogP contribution is -2.20. The summed E-state index contributed by atoms with van der Waals surface area (Å²) in [7, 11) is 0. The summed E-state index contributed by atoms with van der Waals surface area (Å²) in [6.45, 7) is -1.65. The normalized spacial score (nSPS) is 11.7. The first kappa shape index (κ1) is 25.8. The van der Waals surface area contributed by atoms with Gasteiger partial charge in [0.05, 0.1) is 5.56 Å². The van der Waals surface area contributed by atoms with Gasteiger partial charge in [-0.2, -0.15) is 36.3 Å². The molecule has 0 atom stereocenters. The fraction of sp³-hybridized carbons (Fsp3) is 0.182. The number of alkyl halides is 6. The van der Waals surface area contributed by atoms with Crippen LogP contribution in [0.25, 0.3) is 22.2 Å². The van der Waals surface area contributed by atoms with Gasteiger partial charge >= 0.3 is 18.4 Å². The highest BCUT2D eigenvalue weighted by Crippen LogP contribution is 2.32. The third-order valence-electron chi connectivity index (χ3n) is 4.59. The Morgan fingerprint density at radius 2 is 1.60 bits per heavy atom. The topological polar surface area (TPSA) is 113 Å². The molecule has 0 aliphatic carbocycles. The van der Waals surface area contributed by atoms with E-state index in [1.807, 2.05) is 6.07 Å². The van der Waals surface area contributed by atoms with Crippen molar-refractivity contribution in [1.29, 1.82) is 0 Å². The maximum Gasteiger partial charge on any atom is 0.422 e. The second-order valence-corrected chi connectivity index (χ2v) is 7.03. The Morgan fingerprint density at radius 1 is 0.857 bits per heavy atom. The molecule has 4 aromatic rings. The van der Waals surface area contributed by atoms with Crippen molar-refractivity contribution in [2.24, 2.45) is 11.7 Å². The number of aromatic nitrogens is 4. The third kappa shape index (κ3) is 6.83. The molecule has 13 heteroatoms. The number of rotatable bonds is 5. The van der Waals surface area contributed by atoms with Crippen molar-refractivity contribution in [2.75, 3.05) is 6.61 Å². The summed E-state index contributed by atoms with van der Waals surface area (Å²) in [6.07, 6.45) is -5.94. The average molecular weight is 496 g/mol. The van der Waals surface area contributed by atoms with Crippen LogP contribution in [0.5, 0.6) is 6.01 Å². The lowest BCUT2D eigenvalue weighted by Gasteiger charge is -2.12. The molecule has 4 rings (SSSR count). The Hall–Kier alpha value is -3.84. The molecule has 7 nitrogen and oxygen atoms in total. The molecule has 0 aliphatic rings. The number of benzene rings is 2. The summed E-state index contributed by atoms with van der Waals surface area (Å²) in [6, 6.07) is 10.7. The van der Waals surface area contributed by atoms with Gasteiger partial charge in [0, 0.05) is 29.8 Å². The van der Waals surface area contributed by atoms with Crippen molar-refractivity contribution in [3.63, 3.8) is 0 Å². The van der Waals surface area contributed by atoms with E-state index in [9.17, 15) is 26.3 Å². The van der Waals surface area contributed by atoms with Gasteiger partial charge in [-0.15, -0.1) is 0 Å². The zero-order chi connectivity index (χ0) is 25.6. The summed E-state index contributed by atoms with van der Waals surface area (Å²) in [5.41, 5.74) is -0.230. The Bertz CT molecular complexity index is 1290. The number of pyridine rings is 1. The van der Waals surface area contributed by atoms with Crippen molar-refractivity contribution >= 4 is 10.8 Å². The monoisotopic (exact) mass is 496 g/mol. The Balaban J connectivity index is 0.00000167. The Kier molecular flexibility index (Phi) is 7.82. The molecule has 35 heavy (non-hydrogen) atoms.